The highest BCUT2D eigenvalue weighted by atomic mass is 19.3. The van der Waals surface area contributed by atoms with Gasteiger partial charge in [0.2, 0.25) is 5.91 Å². The third-order valence-electron chi connectivity index (χ3n) is 6.75. The number of alkyl halides is 2. The SMILES string of the molecule is CN=CC(=CN)c1cc2c(cc1C(F)F)N(c1nc(C3CC3)n3c1CN(C)C(=O)C3)CCC2. The molecular weight excluding hydrogens is 426 g/mol. The molecule has 0 spiro atoms. The lowest BCUT2D eigenvalue weighted by Crippen LogP contribution is -2.37. The molecule has 2 aromatic rings. The van der Waals surface area contributed by atoms with Crippen LogP contribution in [0.3, 0.4) is 0 Å². The van der Waals surface area contributed by atoms with Crippen LogP contribution in [0.2, 0.25) is 0 Å². The van der Waals surface area contributed by atoms with Crippen molar-refractivity contribution in [2.75, 3.05) is 25.5 Å². The number of hydrogen-bond acceptors (Lipinski definition) is 5. The Hall–Kier alpha value is -3.23. The number of amides is 1. The van der Waals surface area contributed by atoms with Crippen molar-refractivity contribution in [3.8, 4) is 0 Å². The number of halogens is 2. The lowest BCUT2D eigenvalue weighted by molar-refractivity contribution is -0.132. The van der Waals surface area contributed by atoms with Crippen LogP contribution >= 0.6 is 0 Å². The van der Waals surface area contributed by atoms with Crippen LogP contribution in [-0.4, -0.2) is 47.2 Å². The lowest BCUT2D eigenvalue weighted by atomic mass is 9.92. The van der Waals surface area contributed by atoms with Gasteiger partial charge in [0.25, 0.3) is 6.43 Å². The van der Waals surface area contributed by atoms with Crippen molar-refractivity contribution < 1.29 is 13.6 Å². The number of nitrogens with two attached hydrogens (primary N) is 1. The number of aryl methyl sites for hydroxylation is 1. The molecule has 1 fully saturated rings. The fourth-order valence-electron chi connectivity index (χ4n) is 4.90. The molecule has 0 radical (unpaired) electrons. The average molecular weight is 455 g/mol. The minimum atomic E-state index is -2.66. The van der Waals surface area contributed by atoms with Crippen LogP contribution in [0.5, 0.6) is 0 Å². The Kier molecular flexibility index (Phi) is 5.42. The molecule has 5 rings (SSSR count). The standard InChI is InChI=1S/C24H28F2N6O/c1-28-11-16(10-27)17-8-15-4-3-7-31(19(15)9-18(17)22(25)26)24-20-12-30(2)21(33)13-32(20)23(29-24)14-5-6-14/h8-11,14,22H,3-7,12-13,27H2,1-2H3. The monoisotopic (exact) mass is 454 g/mol. The Bertz CT molecular complexity index is 1160. The van der Waals surface area contributed by atoms with Crippen LogP contribution in [0, 0.1) is 0 Å². The molecule has 2 N–H and O–H groups in total. The molecule has 0 unspecified atom stereocenters. The molecule has 1 saturated carbocycles. The Morgan fingerprint density at radius 3 is 2.76 bits per heavy atom. The summed E-state index contributed by atoms with van der Waals surface area (Å²) in [6.07, 6.45) is 3.98. The van der Waals surface area contributed by atoms with E-state index >= 15 is 0 Å². The van der Waals surface area contributed by atoms with E-state index in [1.807, 2.05) is 6.07 Å². The van der Waals surface area contributed by atoms with Gasteiger partial charge in [-0.1, -0.05) is 0 Å². The summed E-state index contributed by atoms with van der Waals surface area (Å²) in [5.41, 5.74) is 9.28. The number of rotatable bonds is 5. The summed E-state index contributed by atoms with van der Waals surface area (Å²) >= 11 is 0. The highest BCUT2D eigenvalue weighted by Crippen LogP contribution is 2.45. The Morgan fingerprint density at radius 2 is 2.09 bits per heavy atom. The van der Waals surface area contributed by atoms with Crippen LogP contribution < -0.4 is 10.6 Å². The lowest BCUT2D eigenvalue weighted by Gasteiger charge is -2.33. The van der Waals surface area contributed by atoms with Gasteiger partial charge in [0.1, 0.15) is 12.4 Å². The molecule has 1 amide bonds. The van der Waals surface area contributed by atoms with Gasteiger partial charge in [0, 0.05) is 55.8 Å². The average Bonchev–Trinajstić information content (AvgIpc) is 3.59. The van der Waals surface area contributed by atoms with E-state index in [-0.39, 0.29) is 18.0 Å². The molecule has 1 aromatic carbocycles. The molecule has 3 heterocycles. The molecule has 9 heteroatoms. The van der Waals surface area contributed by atoms with Gasteiger partial charge >= 0.3 is 0 Å². The van der Waals surface area contributed by atoms with Crippen molar-refractivity contribution in [3.63, 3.8) is 0 Å². The Balaban J connectivity index is 1.65. The number of fused-ring (bicyclic) bond motifs is 2. The van der Waals surface area contributed by atoms with E-state index < -0.39 is 6.43 Å². The summed E-state index contributed by atoms with van der Waals surface area (Å²) in [6, 6.07) is 3.41. The van der Waals surface area contributed by atoms with Gasteiger partial charge < -0.3 is 20.1 Å². The van der Waals surface area contributed by atoms with Crippen LogP contribution in [0.25, 0.3) is 5.57 Å². The molecule has 0 atom stereocenters. The third kappa shape index (κ3) is 3.69. The van der Waals surface area contributed by atoms with Crippen LogP contribution in [0.1, 0.15) is 59.8 Å². The second-order valence-electron chi connectivity index (χ2n) is 8.98. The van der Waals surface area contributed by atoms with Gasteiger partial charge in [-0.05, 0) is 48.9 Å². The van der Waals surface area contributed by atoms with Gasteiger partial charge in [-0.2, -0.15) is 0 Å². The first kappa shape index (κ1) is 21.6. The molecule has 7 nitrogen and oxygen atoms in total. The van der Waals surface area contributed by atoms with E-state index in [2.05, 4.69) is 14.5 Å². The maximum absolute atomic E-state index is 14.2. The molecule has 3 aliphatic rings. The zero-order valence-electron chi connectivity index (χ0n) is 18.9. The molecule has 1 aromatic heterocycles. The van der Waals surface area contributed by atoms with Gasteiger partial charge in [0.15, 0.2) is 5.82 Å². The van der Waals surface area contributed by atoms with E-state index in [4.69, 9.17) is 10.7 Å². The summed E-state index contributed by atoms with van der Waals surface area (Å²) in [7, 11) is 3.38. The zero-order valence-corrected chi connectivity index (χ0v) is 18.9. The minimum Gasteiger partial charge on any atom is -0.404 e. The fraction of sp³-hybridized carbons (Fsp3) is 0.458. The van der Waals surface area contributed by atoms with Crippen LogP contribution in [-0.2, 0) is 24.3 Å². The number of likely N-dealkylation sites (N-methyl/N-ethyl adjacent to an activating group) is 1. The van der Waals surface area contributed by atoms with Crippen molar-refractivity contribution in [1.82, 2.24) is 14.5 Å². The molecule has 2 aliphatic heterocycles. The third-order valence-corrected chi connectivity index (χ3v) is 6.75. The smallest absolute Gasteiger partial charge is 0.264 e. The zero-order chi connectivity index (χ0) is 23.3. The van der Waals surface area contributed by atoms with Crippen LogP contribution in [0.15, 0.2) is 23.3 Å². The fourth-order valence-corrected chi connectivity index (χ4v) is 4.90. The number of imidazole rings is 1. The first-order valence-corrected chi connectivity index (χ1v) is 11.3. The molecule has 0 bridgehead atoms. The second kappa shape index (κ2) is 8.28. The number of anilines is 2. The number of aromatic nitrogens is 2. The van der Waals surface area contributed by atoms with E-state index in [1.54, 1.807) is 25.1 Å². The number of benzene rings is 1. The van der Waals surface area contributed by atoms with Gasteiger partial charge in [-0.25, -0.2) is 13.8 Å². The predicted octanol–water partition coefficient (Wildman–Crippen LogP) is 3.75. The largest absolute Gasteiger partial charge is 0.404 e. The summed E-state index contributed by atoms with van der Waals surface area (Å²) in [5, 5.41) is 0. The number of allylic oxidation sites excluding steroid dienone is 1. The summed E-state index contributed by atoms with van der Waals surface area (Å²) in [4.78, 5) is 25.1. The number of carbonyl (C=O) groups is 1. The maximum atomic E-state index is 14.2. The molecule has 0 saturated heterocycles. The van der Waals surface area contributed by atoms with Crippen molar-refractivity contribution >= 4 is 29.2 Å². The van der Waals surface area contributed by atoms with Crippen molar-refractivity contribution in [2.24, 2.45) is 10.7 Å². The number of aliphatic imine (C=N–C) groups is 1. The molecule has 1 aliphatic carbocycles. The highest BCUT2D eigenvalue weighted by Gasteiger charge is 2.37. The normalized spacial score (nSPS) is 18.9. The van der Waals surface area contributed by atoms with E-state index in [0.29, 0.717) is 30.1 Å². The van der Waals surface area contributed by atoms with Crippen molar-refractivity contribution in [3.05, 3.63) is 46.5 Å². The number of carbonyl (C=O) groups excluding carboxylic acids is 1. The summed E-state index contributed by atoms with van der Waals surface area (Å²) in [5.74, 6) is 2.18. The number of nitrogens with zero attached hydrogens (tertiary/aromatic N) is 5. The minimum absolute atomic E-state index is 0.0655. The van der Waals surface area contributed by atoms with E-state index in [0.717, 1.165) is 54.3 Å². The van der Waals surface area contributed by atoms with E-state index in [1.165, 1.54) is 12.4 Å². The first-order valence-electron chi connectivity index (χ1n) is 11.3. The van der Waals surface area contributed by atoms with Crippen molar-refractivity contribution in [2.45, 2.75) is 51.1 Å². The number of hydrogen-bond donors (Lipinski definition) is 1. The molecule has 174 valence electrons. The van der Waals surface area contributed by atoms with Gasteiger partial charge in [0.05, 0.1) is 12.2 Å². The summed E-state index contributed by atoms with van der Waals surface area (Å²) < 4.78 is 30.4. The Morgan fingerprint density at radius 1 is 1.30 bits per heavy atom. The molecular formula is C24H28F2N6O. The topological polar surface area (TPSA) is 79.8 Å². The maximum Gasteiger partial charge on any atom is 0.264 e. The highest BCUT2D eigenvalue weighted by molar-refractivity contribution is 6.10. The van der Waals surface area contributed by atoms with Crippen LogP contribution in [0.4, 0.5) is 20.3 Å². The Labute approximate surface area is 191 Å². The molecule has 33 heavy (non-hydrogen) atoms. The van der Waals surface area contributed by atoms with E-state index in [9.17, 15) is 13.6 Å². The summed E-state index contributed by atoms with van der Waals surface area (Å²) in [6.45, 7) is 1.44. The predicted molar refractivity (Wildman–Crippen MR) is 124 cm³/mol. The second-order valence-corrected chi connectivity index (χ2v) is 8.98. The van der Waals surface area contributed by atoms with Gasteiger partial charge in [-0.3, -0.25) is 9.79 Å². The van der Waals surface area contributed by atoms with Gasteiger partial charge in [-0.15, -0.1) is 0 Å². The van der Waals surface area contributed by atoms with Crippen molar-refractivity contribution in [1.29, 1.82) is 0 Å². The first-order chi connectivity index (χ1) is 15.9. The quantitative estimate of drug-likeness (QED) is 0.698.